The zero-order valence-corrected chi connectivity index (χ0v) is 21.4. The molecule has 2 aromatic rings. The van der Waals surface area contributed by atoms with Gasteiger partial charge in [0.2, 0.25) is 11.8 Å². The number of benzene rings is 1. The van der Waals surface area contributed by atoms with E-state index in [-0.39, 0.29) is 29.6 Å². The molecule has 0 saturated carbocycles. The number of hydrogen-bond donors (Lipinski definition) is 0. The van der Waals surface area contributed by atoms with Gasteiger partial charge in [-0.3, -0.25) is 9.59 Å². The van der Waals surface area contributed by atoms with E-state index in [1.807, 2.05) is 4.90 Å². The molecule has 0 spiro atoms. The quantitative estimate of drug-likeness (QED) is 0.624. The lowest BCUT2D eigenvalue weighted by Gasteiger charge is -2.37. The number of rotatable bonds is 4. The predicted octanol–water partition coefficient (Wildman–Crippen LogP) is 3.43. The number of amides is 2. The van der Waals surface area contributed by atoms with Gasteiger partial charge in [-0.05, 0) is 25.0 Å². The smallest absolute Gasteiger partial charge is 0.219 e. The van der Waals surface area contributed by atoms with Crippen LogP contribution >= 0.6 is 0 Å². The van der Waals surface area contributed by atoms with Crippen LogP contribution in [0.25, 0.3) is 0 Å². The van der Waals surface area contributed by atoms with Crippen LogP contribution in [0.15, 0.2) is 18.2 Å². The lowest BCUT2D eigenvalue weighted by molar-refractivity contribution is -0.130. The standard InChI is InChI=1S/C27H33F2N5O3/c1-17(35)32-10-5-19(6-11-32)26-27(31-23-9-14-34(18(2)36)16-24(23)30-26)33-12-7-21(8-13-33)37-25-4-3-20(28)15-22(25)29/h3-4,15,19,21H,5-14,16H2,1-2H3. The van der Waals surface area contributed by atoms with E-state index < -0.39 is 11.6 Å². The highest BCUT2D eigenvalue weighted by Crippen LogP contribution is 2.36. The first-order chi connectivity index (χ1) is 17.8. The van der Waals surface area contributed by atoms with Gasteiger partial charge in [-0.1, -0.05) is 0 Å². The number of hydrogen-bond acceptors (Lipinski definition) is 6. The SMILES string of the molecule is CC(=O)N1CCC(c2nc3c(nc2N2CCC(Oc4ccc(F)cc4F)CC2)CCN(C(C)=O)C3)CC1. The Bertz CT molecular complexity index is 1180. The van der Waals surface area contributed by atoms with Crippen LogP contribution in [0.5, 0.6) is 5.75 Å². The van der Waals surface area contributed by atoms with Crippen molar-refractivity contribution in [2.75, 3.05) is 37.6 Å². The molecule has 5 rings (SSSR count). The van der Waals surface area contributed by atoms with E-state index in [1.54, 1.807) is 18.7 Å². The van der Waals surface area contributed by atoms with Gasteiger partial charge in [0.15, 0.2) is 17.4 Å². The topological polar surface area (TPSA) is 78.9 Å². The van der Waals surface area contributed by atoms with E-state index in [4.69, 9.17) is 14.7 Å². The fraction of sp³-hybridized carbons (Fsp3) is 0.556. The molecule has 0 radical (unpaired) electrons. The molecule has 3 aliphatic rings. The molecule has 0 aliphatic carbocycles. The second kappa shape index (κ2) is 10.6. The van der Waals surface area contributed by atoms with Crippen LogP contribution < -0.4 is 9.64 Å². The van der Waals surface area contributed by atoms with E-state index in [9.17, 15) is 18.4 Å². The maximum absolute atomic E-state index is 14.1. The summed E-state index contributed by atoms with van der Waals surface area (Å²) in [5, 5.41) is 0. The summed E-state index contributed by atoms with van der Waals surface area (Å²) in [5.74, 6) is -0.0672. The van der Waals surface area contributed by atoms with Crippen molar-refractivity contribution in [1.29, 1.82) is 0 Å². The molecule has 198 valence electrons. The first kappa shape index (κ1) is 25.4. The molecule has 8 nitrogen and oxygen atoms in total. The minimum Gasteiger partial charge on any atom is -0.487 e. The third-order valence-electron chi connectivity index (χ3n) is 7.72. The van der Waals surface area contributed by atoms with Gasteiger partial charge in [-0.2, -0.15) is 0 Å². The van der Waals surface area contributed by atoms with Crippen LogP contribution in [-0.2, 0) is 22.6 Å². The largest absolute Gasteiger partial charge is 0.487 e. The van der Waals surface area contributed by atoms with E-state index >= 15 is 0 Å². The average molecular weight is 514 g/mol. The average Bonchev–Trinajstić information content (AvgIpc) is 2.89. The summed E-state index contributed by atoms with van der Waals surface area (Å²) in [4.78, 5) is 39.9. The van der Waals surface area contributed by atoms with Crippen LogP contribution in [0.4, 0.5) is 14.6 Å². The molecule has 0 unspecified atom stereocenters. The van der Waals surface area contributed by atoms with Crippen molar-refractivity contribution < 1.29 is 23.1 Å². The van der Waals surface area contributed by atoms with Crippen molar-refractivity contribution in [2.45, 2.75) is 64.5 Å². The zero-order chi connectivity index (χ0) is 26.1. The fourth-order valence-corrected chi connectivity index (χ4v) is 5.52. The summed E-state index contributed by atoms with van der Waals surface area (Å²) in [6.45, 7) is 7.02. The summed E-state index contributed by atoms with van der Waals surface area (Å²) in [6, 6.07) is 3.37. The van der Waals surface area contributed by atoms with E-state index in [2.05, 4.69) is 4.90 Å². The molecule has 2 saturated heterocycles. The Morgan fingerprint density at radius 1 is 0.892 bits per heavy atom. The van der Waals surface area contributed by atoms with Gasteiger partial charge >= 0.3 is 0 Å². The molecule has 10 heteroatoms. The molecule has 4 heterocycles. The Morgan fingerprint density at radius 2 is 1.59 bits per heavy atom. The highest BCUT2D eigenvalue weighted by atomic mass is 19.1. The Labute approximate surface area is 215 Å². The number of fused-ring (bicyclic) bond motifs is 1. The second-order valence-electron chi connectivity index (χ2n) is 10.2. The summed E-state index contributed by atoms with van der Waals surface area (Å²) < 4.78 is 33.2. The highest BCUT2D eigenvalue weighted by Gasteiger charge is 2.32. The van der Waals surface area contributed by atoms with Gasteiger partial charge in [0.1, 0.15) is 11.9 Å². The second-order valence-corrected chi connectivity index (χ2v) is 10.2. The molecule has 0 N–H and O–H groups in total. The molecule has 3 aliphatic heterocycles. The summed E-state index contributed by atoms with van der Waals surface area (Å²) in [6.07, 6.45) is 3.49. The minimum absolute atomic E-state index is 0.0347. The third-order valence-corrected chi connectivity index (χ3v) is 7.72. The van der Waals surface area contributed by atoms with Crippen molar-refractivity contribution in [1.82, 2.24) is 19.8 Å². The number of halogens is 2. The molecule has 1 aromatic heterocycles. The van der Waals surface area contributed by atoms with E-state index in [1.165, 1.54) is 12.1 Å². The van der Waals surface area contributed by atoms with Crippen molar-refractivity contribution in [2.24, 2.45) is 0 Å². The number of carbonyl (C=O) groups excluding carboxylic acids is 2. The Kier molecular flexibility index (Phi) is 7.26. The van der Waals surface area contributed by atoms with Crippen LogP contribution in [0.2, 0.25) is 0 Å². The molecule has 2 amide bonds. The number of aromatic nitrogens is 2. The lowest BCUT2D eigenvalue weighted by Crippen LogP contribution is -2.42. The number of anilines is 1. The maximum Gasteiger partial charge on any atom is 0.219 e. The van der Waals surface area contributed by atoms with Crippen LogP contribution in [0.1, 0.15) is 62.5 Å². The van der Waals surface area contributed by atoms with E-state index in [0.29, 0.717) is 58.5 Å². The first-order valence-electron chi connectivity index (χ1n) is 13.1. The zero-order valence-electron chi connectivity index (χ0n) is 21.4. The van der Waals surface area contributed by atoms with Gasteiger partial charge in [0.05, 0.1) is 23.6 Å². The van der Waals surface area contributed by atoms with Gasteiger partial charge in [0, 0.05) is 77.8 Å². The summed E-state index contributed by atoms with van der Waals surface area (Å²) in [5.41, 5.74) is 2.74. The fourth-order valence-electron chi connectivity index (χ4n) is 5.52. The van der Waals surface area contributed by atoms with Gasteiger partial charge in [-0.25, -0.2) is 18.7 Å². The predicted molar refractivity (Wildman–Crippen MR) is 133 cm³/mol. The van der Waals surface area contributed by atoms with E-state index in [0.717, 1.165) is 41.8 Å². The van der Waals surface area contributed by atoms with Crippen LogP contribution in [-0.4, -0.2) is 70.4 Å². The van der Waals surface area contributed by atoms with Gasteiger partial charge in [-0.15, -0.1) is 0 Å². The van der Waals surface area contributed by atoms with Gasteiger partial charge in [0.25, 0.3) is 0 Å². The number of nitrogens with zero attached hydrogens (tertiary/aromatic N) is 5. The highest BCUT2D eigenvalue weighted by molar-refractivity contribution is 5.74. The normalized spacial score (nSPS) is 19.1. The van der Waals surface area contributed by atoms with Crippen molar-refractivity contribution >= 4 is 17.6 Å². The molecule has 0 bridgehead atoms. The molecular weight excluding hydrogens is 480 g/mol. The molecule has 37 heavy (non-hydrogen) atoms. The Morgan fingerprint density at radius 3 is 2.24 bits per heavy atom. The third kappa shape index (κ3) is 5.52. The molecule has 1 aromatic carbocycles. The lowest BCUT2D eigenvalue weighted by atomic mass is 9.92. The van der Waals surface area contributed by atoms with Crippen molar-refractivity contribution in [3.8, 4) is 5.75 Å². The number of ether oxygens (including phenoxy) is 1. The monoisotopic (exact) mass is 513 g/mol. The number of carbonyl (C=O) groups is 2. The summed E-state index contributed by atoms with van der Waals surface area (Å²) in [7, 11) is 0. The molecule has 2 fully saturated rings. The number of piperidine rings is 2. The Balaban J connectivity index is 1.35. The van der Waals surface area contributed by atoms with Crippen LogP contribution in [0, 0.1) is 11.6 Å². The van der Waals surface area contributed by atoms with Gasteiger partial charge < -0.3 is 19.4 Å². The van der Waals surface area contributed by atoms with Crippen molar-refractivity contribution in [3.63, 3.8) is 0 Å². The summed E-state index contributed by atoms with van der Waals surface area (Å²) >= 11 is 0. The maximum atomic E-state index is 14.1. The number of likely N-dealkylation sites (tertiary alicyclic amines) is 1. The molecule has 0 atom stereocenters. The minimum atomic E-state index is -0.693. The first-order valence-corrected chi connectivity index (χ1v) is 13.1. The molecular formula is C27H33F2N5O3. The van der Waals surface area contributed by atoms with Crippen molar-refractivity contribution in [3.05, 3.63) is 46.9 Å². The van der Waals surface area contributed by atoms with Crippen LogP contribution in [0.3, 0.4) is 0 Å². The Hall–Kier alpha value is -3.30.